The van der Waals surface area contributed by atoms with E-state index in [1.54, 1.807) is 13.0 Å². The maximum Gasteiger partial charge on any atom is 0.331 e. The van der Waals surface area contributed by atoms with Crippen LogP contribution in [-0.2, 0) is 38.0 Å². The number of aliphatic hydroxyl groups excluding tert-OH is 5. The van der Waals surface area contributed by atoms with E-state index in [0.717, 1.165) is 18.3 Å². The van der Waals surface area contributed by atoms with E-state index in [4.69, 9.17) is 28.4 Å². The lowest BCUT2D eigenvalue weighted by Gasteiger charge is -2.65. The number of fused-ring (bicyclic) bond motifs is 5. The first-order valence-corrected chi connectivity index (χ1v) is 18.4. The largest absolute Gasteiger partial charge is 0.458 e. The summed E-state index contributed by atoms with van der Waals surface area (Å²) < 4.78 is 34.6. The molecule has 0 amide bonds. The van der Waals surface area contributed by atoms with Crippen molar-refractivity contribution in [1.29, 1.82) is 0 Å². The summed E-state index contributed by atoms with van der Waals surface area (Å²) in [5.74, 6) is -0.777. The zero-order chi connectivity index (χ0) is 36.7. The Bertz CT molecular complexity index is 1360. The number of carbonyl (C=O) groups is 2. The van der Waals surface area contributed by atoms with Crippen LogP contribution in [0.5, 0.6) is 0 Å². The predicted octanol–water partition coefficient (Wildman–Crippen LogP) is -0.772. The quantitative estimate of drug-likeness (QED) is 0.0925. The second-order valence-electron chi connectivity index (χ2n) is 16.4. The van der Waals surface area contributed by atoms with E-state index in [-0.39, 0.29) is 36.8 Å². The van der Waals surface area contributed by atoms with Gasteiger partial charge in [0.15, 0.2) is 12.6 Å². The van der Waals surface area contributed by atoms with Crippen LogP contribution in [0.1, 0.15) is 71.6 Å². The van der Waals surface area contributed by atoms with E-state index in [1.807, 2.05) is 0 Å². The van der Waals surface area contributed by atoms with Crippen LogP contribution in [0.3, 0.4) is 0 Å². The molecule has 7 rings (SSSR count). The van der Waals surface area contributed by atoms with Crippen LogP contribution in [-0.4, -0.2) is 147 Å². The predicted molar refractivity (Wildman–Crippen MR) is 172 cm³/mol. The van der Waals surface area contributed by atoms with E-state index in [2.05, 4.69) is 6.92 Å². The number of methoxy groups -OCH3 is 1. The highest BCUT2D eigenvalue weighted by atomic mass is 16.7. The summed E-state index contributed by atoms with van der Waals surface area (Å²) in [6, 6.07) is 0. The molecule has 15 heteroatoms. The van der Waals surface area contributed by atoms with Crippen molar-refractivity contribution in [1.82, 2.24) is 0 Å². The van der Waals surface area contributed by atoms with Crippen molar-refractivity contribution >= 4 is 12.3 Å². The van der Waals surface area contributed by atoms with Gasteiger partial charge < -0.3 is 69.0 Å². The van der Waals surface area contributed by atoms with E-state index < -0.39 is 96.2 Å². The monoisotopic (exact) mass is 726 g/mol. The molecule has 4 aliphatic carbocycles. The van der Waals surface area contributed by atoms with Crippen molar-refractivity contribution < 1.29 is 73.8 Å². The van der Waals surface area contributed by atoms with Crippen LogP contribution >= 0.6 is 0 Å². The van der Waals surface area contributed by atoms with Gasteiger partial charge in [0, 0.05) is 25.0 Å². The molecule has 288 valence electrons. The fourth-order valence-electron chi connectivity index (χ4n) is 11.5. The van der Waals surface area contributed by atoms with Gasteiger partial charge in [0.1, 0.15) is 55.6 Å². The lowest BCUT2D eigenvalue weighted by Crippen LogP contribution is -2.69. The van der Waals surface area contributed by atoms with Crippen molar-refractivity contribution in [3.63, 3.8) is 0 Å². The Morgan fingerprint density at radius 3 is 2.27 bits per heavy atom. The minimum atomic E-state index is -1.66. The number of ether oxygens (including phenoxy) is 6. The Kier molecular flexibility index (Phi) is 10.1. The number of cyclic esters (lactones) is 1. The third-order valence-corrected chi connectivity index (χ3v) is 14.3. The Balaban J connectivity index is 1.03. The van der Waals surface area contributed by atoms with Crippen molar-refractivity contribution in [2.24, 2.45) is 28.6 Å². The molecule has 0 radical (unpaired) electrons. The number of carbonyl (C=O) groups excluding carboxylic acids is 2. The summed E-state index contributed by atoms with van der Waals surface area (Å²) >= 11 is 0. The Morgan fingerprint density at radius 2 is 1.61 bits per heavy atom. The smallest absolute Gasteiger partial charge is 0.331 e. The zero-order valence-electron chi connectivity index (χ0n) is 29.4. The molecule has 3 aliphatic heterocycles. The molecular formula is C36H54O15. The first-order chi connectivity index (χ1) is 24.2. The number of esters is 1. The van der Waals surface area contributed by atoms with Crippen molar-refractivity contribution in [3.05, 3.63) is 11.6 Å². The minimum Gasteiger partial charge on any atom is -0.458 e. The fourth-order valence-corrected chi connectivity index (χ4v) is 11.5. The molecule has 7 N–H and O–H groups in total. The summed E-state index contributed by atoms with van der Waals surface area (Å²) in [7, 11) is 1.36. The average molecular weight is 727 g/mol. The van der Waals surface area contributed by atoms with Gasteiger partial charge in [-0.1, -0.05) is 6.92 Å². The molecule has 3 heterocycles. The Morgan fingerprint density at radius 1 is 0.882 bits per heavy atom. The van der Waals surface area contributed by atoms with Gasteiger partial charge in [0.25, 0.3) is 0 Å². The SMILES string of the molecule is CO[C@H]1[C@@H](O)[C@H](OC2CCC3(C=O)C4CCC5(C)C(C6=CC(=O)OC6)CCC5(O)C4CCC3(O)C2)O[C@H](C)[C@@H]1O[C@@H]1O[C@H](CO)[C@@H](O)[C@@H](O)[C@H]1O. The number of aldehydes is 1. The third-order valence-electron chi connectivity index (χ3n) is 14.3. The Labute approximate surface area is 296 Å². The van der Waals surface area contributed by atoms with Crippen LogP contribution < -0.4 is 0 Å². The van der Waals surface area contributed by atoms with E-state index in [1.165, 1.54) is 7.11 Å². The van der Waals surface area contributed by atoms with Gasteiger partial charge in [-0.3, -0.25) is 0 Å². The number of hydrogen-bond acceptors (Lipinski definition) is 15. The van der Waals surface area contributed by atoms with Gasteiger partial charge >= 0.3 is 5.97 Å². The number of hydrogen-bond donors (Lipinski definition) is 7. The van der Waals surface area contributed by atoms with Gasteiger partial charge in [0.05, 0.1) is 35.4 Å². The maximum absolute atomic E-state index is 13.2. The minimum absolute atomic E-state index is 0.00877. The standard InChI is InChI=1S/C36H54O15/c1-17-29(51-31-27(42)26(41)25(40)23(14-37)50-31)30(46-3)28(43)32(48-17)49-19-4-9-34(16-38)21-5-8-33(2)20(18-12-24(39)47-15-18)7-11-36(33,45)22(21)6-10-35(34,44)13-19/h12,16-17,19-23,25-32,37,40-45H,4-11,13-15H2,1-3H3/t17-,19?,20?,21?,22?,23-,25-,26-,27-,28-,29+,30+,31+,32+,33?,34?,35?,36?/m1/s1. The molecule has 0 spiro atoms. The molecule has 0 aromatic rings. The summed E-state index contributed by atoms with van der Waals surface area (Å²) in [5, 5.41) is 76.7. The van der Waals surface area contributed by atoms with Gasteiger partial charge in [-0.2, -0.15) is 0 Å². The highest BCUT2D eigenvalue weighted by Crippen LogP contribution is 2.70. The first-order valence-electron chi connectivity index (χ1n) is 18.4. The summed E-state index contributed by atoms with van der Waals surface area (Å²) in [5.41, 5.74) is -3.11. The maximum atomic E-state index is 13.2. The molecule has 0 aromatic carbocycles. The molecule has 6 fully saturated rings. The summed E-state index contributed by atoms with van der Waals surface area (Å²) in [6.45, 7) is 3.37. The van der Waals surface area contributed by atoms with Crippen LogP contribution in [0.4, 0.5) is 0 Å². The van der Waals surface area contributed by atoms with Gasteiger partial charge in [-0.05, 0) is 81.6 Å². The lowest BCUT2D eigenvalue weighted by molar-refractivity contribution is -0.363. The van der Waals surface area contributed by atoms with Crippen LogP contribution in [0.15, 0.2) is 11.6 Å². The van der Waals surface area contributed by atoms with E-state index in [9.17, 15) is 45.3 Å². The molecule has 0 bridgehead atoms. The van der Waals surface area contributed by atoms with Crippen LogP contribution in [0.25, 0.3) is 0 Å². The number of rotatable bonds is 8. The topological polar surface area (TPSA) is 231 Å². The third kappa shape index (κ3) is 5.68. The van der Waals surface area contributed by atoms with E-state index >= 15 is 0 Å². The summed E-state index contributed by atoms with van der Waals surface area (Å²) in [4.78, 5) is 25.1. The second-order valence-corrected chi connectivity index (χ2v) is 16.4. The lowest BCUT2D eigenvalue weighted by atomic mass is 9.41. The first kappa shape index (κ1) is 37.7. The highest BCUT2D eigenvalue weighted by molar-refractivity contribution is 5.85. The molecule has 15 nitrogen and oxygen atoms in total. The normalized spacial score (nSPS) is 54.2. The fraction of sp³-hybridized carbons (Fsp3) is 0.889. The molecular weight excluding hydrogens is 672 g/mol. The van der Waals surface area contributed by atoms with Crippen molar-refractivity contribution in [2.45, 2.75) is 150 Å². The molecule has 51 heavy (non-hydrogen) atoms. The van der Waals surface area contributed by atoms with Crippen LogP contribution in [0.2, 0.25) is 0 Å². The molecule has 7 aliphatic rings. The Hall–Kier alpha value is -1.60. The summed E-state index contributed by atoms with van der Waals surface area (Å²) in [6.07, 6.45) is -6.79. The van der Waals surface area contributed by atoms with Crippen molar-refractivity contribution in [3.8, 4) is 0 Å². The van der Waals surface area contributed by atoms with Gasteiger partial charge in [-0.15, -0.1) is 0 Å². The van der Waals surface area contributed by atoms with Gasteiger partial charge in [0.2, 0.25) is 0 Å². The average Bonchev–Trinajstić information content (AvgIpc) is 3.65. The molecule has 4 saturated carbocycles. The molecule has 2 saturated heterocycles. The highest BCUT2D eigenvalue weighted by Gasteiger charge is 2.71. The second kappa shape index (κ2) is 13.6. The zero-order valence-corrected chi connectivity index (χ0v) is 29.4. The molecule has 0 aromatic heterocycles. The van der Waals surface area contributed by atoms with Crippen molar-refractivity contribution in [2.75, 3.05) is 20.3 Å². The van der Waals surface area contributed by atoms with Crippen LogP contribution in [0, 0.1) is 28.6 Å². The molecule has 18 atom stereocenters. The van der Waals surface area contributed by atoms with Gasteiger partial charge in [-0.25, -0.2) is 4.79 Å². The molecule has 8 unspecified atom stereocenters. The van der Waals surface area contributed by atoms with E-state index in [0.29, 0.717) is 44.9 Å². The number of aliphatic hydroxyl groups is 7.